The van der Waals surface area contributed by atoms with E-state index in [9.17, 15) is 19.5 Å². The second-order valence-corrected chi connectivity index (χ2v) is 10.4. The van der Waals surface area contributed by atoms with Crippen LogP contribution in [0.1, 0.15) is 90.8 Å². The molecule has 1 aliphatic rings. The lowest BCUT2D eigenvalue weighted by atomic mass is 9.88. The van der Waals surface area contributed by atoms with Crippen LogP contribution in [0.25, 0.3) is 0 Å². The van der Waals surface area contributed by atoms with Crippen molar-refractivity contribution in [1.29, 1.82) is 0 Å². The Hall–Kier alpha value is -2.61. The quantitative estimate of drug-likeness (QED) is 0.437. The van der Waals surface area contributed by atoms with Gasteiger partial charge in [0.1, 0.15) is 17.7 Å². The van der Waals surface area contributed by atoms with Gasteiger partial charge in [0.2, 0.25) is 11.8 Å². The van der Waals surface area contributed by atoms with Gasteiger partial charge in [-0.15, -0.1) is 0 Å². The van der Waals surface area contributed by atoms with E-state index in [1.807, 2.05) is 31.2 Å². The Balaban J connectivity index is 2.42. The number of hydrogen-bond acceptors (Lipinski definition) is 5. The Morgan fingerprint density at radius 2 is 1.74 bits per heavy atom. The number of aryl methyl sites for hydroxylation is 1. The number of carbonyl (C=O) groups excluding carboxylic acids is 3. The van der Waals surface area contributed by atoms with Crippen molar-refractivity contribution in [1.82, 2.24) is 15.5 Å². The summed E-state index contributed by atoms with van der Waals surface area (Å²) in [7, 11) is 0. The smallest absolute Gasteiger partial charge is 0.408 e. The van der Waals surface area contributed by atoms with Crippen molar-refractivity contribution in [2.24, 2.45) is 0 Å². The Labute approximate surface area is 209 Å². The summed E-state index contributed by atoms with van der Waals surface area (Å²) in [6.07, 6.45) is 4.30. The predicted octanol–water partition coefficient (Wildman–Crippen LogP) is 3.86. The highest BCUT2D eigenvalue weighted by Crippen LogP contribution is 2.34. The van der Waals surface area contributed by atoms with Gasteiger partial charge >= 0.3 is 6.09 Å². The number of ether oxygens (including phenoxy) is 1. The highest BCUT2D eigenvalue weighted by atomic mass is 16.6. The van der Waals surface area contributed by atoms with Crippen LogP contribution in [0, 0.1) is 0 Å². The molecule has 0 bridgehead atoms. The maximum atomic E-state index is 13.8. The summed E-state index contributed by atoms with van der Waals surface area (Å²) in [5.41, 5.74) is 1.09. The molecule has 3 amide bonds. The van der Waals surface area contributed by atoms with Crippen molar-refractivity contribution in [2.45, 2.75) is 110 Å². The largest absolute Gasteiger partial charge is 0.444 e. The van der Waals surface area contributed by atoms with Gasteiger partial charge in [-0.1, -0.05) is 44.5 Å². The average molecular weight is 490 g/mol. The summed E-state index contributed by atoms with van der Waals surface area (Å²) >= 11 is 0. The van der Waals surface area contributed by atoms with Crippen LogP contribution in [0.3, 0.4) is 0 Å². The molecule has 0 aliphatic heterocycles. The number of nitrogens with one attached hydrogen (secondary N) is 2. The first-order valence-electron chi connectivity index (χ1n) is 12.8. The number of aliphatic hydroxyl groups is 1. The summed E-state index contributed by atoms with van der Waals surface area (Å²) in [5.74, 6) is -0.754. The minimum atomic E-state index is -1.22. The molecule has 8 nitrogen and oxygen atoms in total. The number of hydrogen-bond donors (Lipinski definition) is 3. The first-order valence-corrected chi connectivity index (χ1v) is 12.8. The van der Waals surface area contributed by atoms with Crippen LogP contribution in [-0.2, 0) is 20.7 Å². The molecule has 3 atom stereocenters. The van der Waals surface area contributed by atoms with Gasteiger partial charge in [0.15, 0.2) is 0 Å². The molecule has 1 fully saturated rings. The number of carbonyl (C=O) groups is 3. The molecular formula is C27H43N3O5. The molecule has 1 saturated carbocycles. The predicted molar refractivity (Wildman–Crippen MR) is 136 cm³/mol. The molecule has 0 spiro atoms. The van der Waals surface area contributed by atoms with Crippen LogP contribution in [0.15, 0.2) is 24.3 Å². The van der Waals surface area contributed by atoms with Crippen molar-refractivity contribution < 1.29 is 24.2 Å². The standard InChI is InChI=1S/C27H43N3O5/c1-7-10-18(3)28-24(32)23(20-15-13-19(8-2)14-16-20)30(21-11-9-12-21)25(33)22(17-31)29-26(34)35-27(4,5)6/h13-16,18,21-23,31H,7-12,17H2,1-6H3,(H,28,32)(H,29,34). The second-order valence-electron chi connectivity index (χ2n) is 10.4. The molecule has 196 valence electrons. The van der Waals surface area contributed by atoms with Crippen molar-refractivity contribution >= 4 is 17.9 Å². The van der Waals surface area contributed by atoms with Gasteiger partial charge in [-0.2, -0.15) is 0 Å². The number of amides is 3. The molecule has 8 heteroatoms. The average Bonchev–Trinajstić information content (AvgIpc) is 2.74. The number of nitrogens with zero attached hydrogens (tertiary/aromatic N) is 1. The zero-order valence-corrected chi connectivity index (χ0v) is 22.1. The van der Waals surface area contributed by atoms with E-state index in [4.69, 9.17) is 4.74 Å². The fourth-order valence-corrected chi connectivity index (χ4v) is 4.20. The molecule has 1 aromatic carbocycles. The third kappa shape index (κ3) is 8.23. The molecule has 3 N–H and O–H groups in total. The maximum Gasteiger partial charge on any atom is 0.408 e. The van der Waals surface area contributed by atoms with E-state index in [-0.39, 0.29) is 18.0 Å². The summed E-state index contributed by atoms with van der Waals surface area (Å²) in [4.78, 5) is 41.3. The number of benzene rings is 1. The Bertz CT molecular complexity index is 845. The monoisotopic (exact) mass is 489 g/mol. The number of rotatable bonds is 11. The van der Waals surface area contributed by atoms with E-state index < -0.39 is 36.3 Å². The van der Waals surface area contributed by atoms with E-state index in [0.717, 1.165) is 44.1 Å². The van der Waals surface area contributed by atoms with Crippen molar-refractivity contribution in [3.8, 4) is 0 Å². The van der Waals surface area contributed by atoms with Gasteiger partial charge in [0, 0.05) is 12.1 Å². The summed E-state index contributed by atoms with van der Waals surface area (Å²) in [6, 6.07) is 5.44. The molecule has 1 aliphatic carbocycles. The van der Waals surface area contributed by atoms with Gasteiger partial charge in [-0.05, 0) is 70.9 Å². The van der Waals surface area contributed by atoms with Crippen molar-refractivity contribution in [3.63, 3.8) is 0 Å². The van der Waals surface area contributed by atoms with Crippen LogP contribution in [0.5, 0.6) is 0 Å². The van der Waals surface area contributed by atoms with Crippen LogP contribution in [0.2, 0.25) is 0 Å². The fourth-order valence-electron chi connectivity index (χ4n) is 4.20. The third-order valence-corrected chi connectivity index (χ3v) is 6.23. The van der Waals surface area contributed by atoms with Crippen molar-refractivity contribution in [3.05, 3.63) is 35.4 Å². The Morgan fingerprint density at radius 3 is 2.20 bits per heavy atom. The second kappa shape index (κ2) is 12.9. The van der Waals surface area contributed by atoms with E-state index in [1.165, 1.54) is 0 Å². The number of aliphatic hydroxyl groups excluding tert-OH is 1. The van der Waals surface area contributed by atoms with Gasteiger partial charge in [-0.3, -0.25) is 9.59 Å². The zero-order valence-electron chi connectivity index (χ0n) is 22.1. The molecule has 0 radical (unpaired) electrons. The lowest BCUT2D eigenvalue weighted by Crippen LogP contribution is -2.58. The normalized spacial score (nSPS) is 16.4. The van der Waals surface area contributed by atoms with E-state index in [0.29, 0.717) is 5.56 Å². The van der Waals surface area contributed by atoms with Crippen LogP contribution < -0.4 is 10.6 Å². The maximum absolute atomic E-state index is 13.8. The minimum Gasteiger partial charge on any atom is -0.444 e. The molecule has 0 heterocycles. The van der Waals surface area contributed by atoms with Gasteiger partial charge in [0.25, 0.3) is 0 Å². The first-order chi connectivity index (χ1) is 16.5. The summed E-state index contributed by atoms with van der Waals surface area (Å²) in [6.45, 7) is 10.6. The zero-order chi connectivity index (χ0) is 26.2. The molecule has 2 rings (SSSR count). The lowest BCUT2D eigenvalue weighted by molar-refractivity contribution is -0.148. The van der Waals surface area contributed by atoms with E-state index in [2.05, 4.69) is 24.5 Å². The highest BCUT2D eigenvalue weighted by Gasteiger charge is 2.42. The van der Waals surface area contributed by atoms with Crippen molar-refractivity contribution in [2.75, 3.05) is 6.61 Å². The van der Waals surface area contributed by atoms with Crippen LogP contribution >= 0.6 is 0 Å². The number of alkyl carbamates (subject to hydrolysis) is 1. The SMILES string of the molecule is CCCC(C)NC(=O)C(c1ccc(CC)cc1)N(C(=O)C(CO)NC(=O)OC(C)(C)C)C1CCC1. The Kier molecular flexibility index (Phi) is 10.6. The highest BCUT2D eigenvalue weighted by molar-refractivity contribution is 5.92. The van der Waals surface area contributed by atoms with Gasteiger partial charge in [-0.25, -0.2) is 4.79 Å². The Morgan fingerprint density at radius 1 is 1.11 bits per heavy atom. The molecule has 1 aromatic rings. The minimum absolute atomic E-state index is 0.0446. The summed E-state index contributed by atoms with van der Waals surface area (Å²) in [5, 5.41) is 15.6. The van der Waals surface area contributed by atoms with Crippen LogP contribution in [-0.4, -0.2) is 58.2 Å². The molecule has 3 unspecified atom stereocenters. The van der Waals surface area contributed by atoms with Crippen LogP contribution in [0.4, 0.5) is 4.79 Å². The molecular weight excluding hydrogens is 446 g/mol. The summed E-state index contributed by atoms with van der Waals surface area (Å²) < 4.78 is 5.29. The van der Waals surface area contributed by atoms with Gasteiger partial charge in [0.05, 0.1) is 6.61 Å². The molecule has 0 saturated heterocycles. The van der Waals surface area contributed by atoms with E-state index in [1.54, 1.807) is 25.7 Å². The van der Waals surface area contributed by atoms with E-state index >= 15 is 0 Å². The topological polar surface area (TPSA) is 108 Å². The fraction of sp³-hybridized carbons (Fsp3) is 0.667. The molecule has 35 heavy (non-hydrogen) atoms. The molecule has 0 aromatic heterocycles. The lowest BCUT2D eigenvalue weighted by Gasteiger charge is -2.43. The third-order valence-electron chi connectivity index (χ3n) is 6.23. The van der Waals surface area contributed by atoms with Gasteiger partial charge < -0.3 is 25.4 Å². The first kappa shape index (κ1) is 28.6.